The minimum Gasteiger partial charge on any atom is -0.480 e. The maximum Gasteiger partial charge on any atom is 0.323 e. The molecule has 0 aliphatic heterocycles. The quantitative estimate of drug-likeness (QED) is 0.377. The monoisotopic (exact) mass is 481 g/mol. The molecule has 9 heteroatoms. The first kappa shape index (κ1) is 23.4. The first-order chi connectivity index (χ1) is 16.3. The molecule has 7 nitrogen and oxygen atoms in total. The second-order valence-corrected chi connectivity index (χ2v) is 9.72. The average Bonchev–Trinajstić information content (AvgIpc) is 3.15. The van der Waals surface area contributed by atoms with Crippen molar-refractivity contribution in [3.63, 3.8) is 0 Å². The van der Waals surface area contributed by atoms with Gasteiger partial charge in [0.05, 0.1) is 22.6 Å². The van der Waals surface area contributed by atoms with Crippen LogP contribution in [0.15, 0.2) is 77.7 Å². The molecule has 0 fully saturated rings. The maximum absolute atomic E-state index is 14.0. The number of aryl methyl sites for hydroxylation is 1. The molecule has 1 heterocycles. The highest BCUT2D eigenvalue weighted by atomic mass is 32.2. The zero-order valence-corrected chi connectivity index (χ0v) is 19.4. The zero-order valence-electron chi connectivity index (χ0n) is 18.6. The molecule has 0 bridgehead atoms. The number of imidazole rings is 1. The number of nitrogens with zero attached hydrogens (tertiary/aromatic N) is 3. The summed E-state index contributed by atoms with van der Waals surface area (Å²) in [5.74, 6) is -1.11. The molecule has 0 atom stereocenters. The van der Waals surface area contributed by atoms with E-state index in [9.17, 15) is 22.7 Å². The summed E-state index contributed by atoms with van der Waals surface area (Å²) < 4.78 is 44.3. The third-order valence-electron chi connectivity index (χ3n) is 5.43. The Kier molecular flexibility index (Phi) is 6.65. The van der Waals surface area contributed by atoms with E-state index in [4.69, 9.17) is 0 Å². The van der Waals surface area contributed by atoms with Gasteiger partial charge in [0.15, 0.2) is 0 Å². The normalized spacial score (nSPS) is 11.6. The lowest BCUT2D eigenvalue weighted by molar-refractivity contribution is -0.137. The molecule has 0 saturated heterocycles. The van der Waals surface area contributed by atoms with E-state index in [2.05, 4.69) is 4.98 Å². The van der Waals surface area contributed by atoms with Gasteiger partial charge in [0.2, 0.25) is 0 Å². The molecule has 0 radical (unpaired) electrons. The van der Waals surface area contributed by atoms with Crippen molar-refractivity contribution in [3.05, 3.63) is 90.0 Å². The standard InChI is InChI=1S/C25H24FN3O4S/c1-2-8-23-27-25-21(28(23)17-24(30)31)13-7-14-22(25)29(16-18-9-4-3-5-10-18)34(32,33)20-12-6-11-19(26)15-20/h3-7,9-15H,2,8,16-17H2,1H3,(H,30,31). The van der Waals surface area contributed by atoms with Crippen LogP contribution in [0, 0.1) is 5.82 Å². The molecule has 4 rings (SSSR count). The summed E-state index contributed by atoms with van der Waals surface area (Å²) in [6.07, 6.45) is 1.28. The van der Waals surface area contributed by atoms with Gasteiger partial charge in [0.1, 0.15) is 23.7 Å². The van der Waals surface area contributed by atoms with Gasteiger partial charge >= 0.3 is 5.97 Å². The van der Waals surface area contributed by atoms with Crippen LogP contribution in [0.4, 0.5) is 10.1 Å². The van der Waals surface area contributed by atoms with E-state index in [1.807, 2.05) is 25.1 Å². The minimum absolute atomic E-state index is 0.00625. The number of halogens is 1. The Balaban J connectivity index is 1.94. The fourth-order valence-corrected chi connectivity index (χ4v) is 5.40. The summed E-state index contributed by atoms with van der Waals surface area (Å²) in [4.78, 5) is 16.0. The van der Waals surface area contributed by atoms with Gasteiger partial charge in [-0.25, -0.2) is 17.8 Å². The van der Waals surface area contributed by atoms with E-state index in [1.54, 1.807) is 34.9 Å². The average molecular weight is 482 g/mol. The number of benzene rings is 3. The lowest BCUT2D eigenvalue weighted by atomic mass is 10.2. The van der Waals surface area contributed by atoms with Crippen LogP contribution < -0.4 is 4.31 Å². The Morgan fingerprint density at radius 2 is 1.79 bits per heavy atom. The predicted octanol–water partition coefficient (Wildman–Crippen LogP) is 4.61. The fraction of sp³-hybridized carbons (Fsp3) is 0.200. The van der Waals surface area contributed by atoms with E-state index in [0.717, 1.165) is 18.1 Å². The second-order valence-electron chi connectivity index (χ2n) is 7.86. The first-order valence-electron chi connectivity index (χ1n) is 10.8. The summed E-state index contributed by atoms with van der Waals surface area (Å²) in [5.41, 5.74) is 1.93. The summed E-state index contributed by atoms with van der Waals surface area (Å²) >= 11 is 0. The van der Waals surface area contributed by atoms with Crippen molar-refractivity contribution in [3.8, 4) is 0 Å². The van der Waals surface area contributed by atoms with Crippen LogP contribution in [-0.2, 0) is 34.3 Å². The number of carboxylic acids is 1. The van der Waals surface area contributed by atoms with Gasteiger partial charge < -0.3 is 9.67 Å². The van der Waals surface area contributed by atoms with Crippen molar-refractivity contribution in [1.82, 2.24) is 9.55 Å². The number of hydrogen-bond donors (Lipinski definition) is 1. The van der Waals surface area contributed by atoms with E-state index in [-0.39, 0.29) is 18.0 Å². The van der Waals surface area contributed by atoms with E-state index in [1.165, 1.54) is 22.5 Å². The number of aromatic nitrogens is 2. The van der Waals surface area contributed by atoms with Crippen molar-refractivity contribution in [2.24, 2.45) is 0 Å². The van der Waals surface area contributed by atoms with Crippen LogP contribution in [0.25, 0.3) is 11.0 Å². The van der Waals surface area contributed by atoms with Crippen LogP contribution in [0.5, 0.6) is 0 Å². The third kappa shape index (κ3) is 4.65. The highest BCUT2D eigenvalue weighted by molar-refractivity contribution is 7.92. The Morgan fingerprint density at radius 1 is 1.06 bits per heavy atom. The lowest BCUT2D eigenvalue weighted by Crippen LogP contribution is -2.31. The fourth-order valence-electron chi connectivity index (χ4n) is 3.91. The van der Waals surface area contributed by atoms with Crippen LogP contribution in [0.1, 0.15) is 24.7 Å². The number of sulfonamides is 1. The Hall–Kier alpha value is -3.72. The summed E-state index contributed by atoms with van der Waals surface area (Å²) in [7, 11) is -4.18. The molecule has 1 aromatic heterocycles. The first-order valence-corrected chi connectivity index (χ1v) is 12.3. The lowest BCUT2D eigenvalue weighted by Gasteiger charge is -2.25. The van der Waals surface area contributed by atoms with Gasteiger partial charge in [-0.1, -0.05) is 49.4 Å². The largest absolute Gasteiger partial charge is 0.480 e. The van der Waals surface area contributed by atoms with Gasteiger partial charge in [-0.05, 0) is 42.3 Å². The molecular formula is C25H24FN3O4S. The number of anilines is 1. The minimum atomic E-state index is -4.18. The predicted molar refractivity (Wildman–Crippen MR) is 128 cm³/mol. The van der Waals surface area contributed by atoms with Gasteiger partial charge in [0, 0.05) is 6.42 Å². The van der Waals surface area contributed by atoms with Gasteiger partial charge in [0.25, 0.3) is 10.0 Å². The van der Waals surface area contributed by atoms with Gasteiger partial charge in [-0.15, -0.1) is 0 Å². The molecule has 4 aromatic rings. The molecule has 176 valence electrons. The van der Waals surface area contributed by atoms with E-state index >= 15 is 0 Å². The Morgan fingerprint density at radius 3 is 2.47 bits per heavy atom. The molecule has 0 aliphatic carbocycles. The number of carboxylic acid groups (broad SMARTS) is 1. The zero-order chi connectivity index (χ0) is 24.3. The van der Waals surface area contributed by atoms with Crippen molar-refractivity contribution in [2.45, 2.75) is 37.8 Å². The number of hydrogen-bond acceptors (Lipinski definition) is 4. The highest BCUT2D eigenvalue weighted by Gasteiger charge is 2.29. The van der Waals surface area contributed by atoms with Crippen LogP contribution in [0.2, 0.25) is 0 Å². The molecule has 0 spiro atoms. The van der Waals surface area contributed by atoms with Crippen LogP contribution in [0.3, 0.4) is 0 Å². The summed E-state index contributed by atoms with van der Waals surface area (Å²) in [6.45, 7) is 1.67. The number of rotatable bonds is 9. The van der Waals surface area contributed by atoms with Gasteiger partial charge in [-0.2, -0.15) is 0 Å². The molecule has 0 saturated carbocycles. The third-order valence-corrected chi connectivity index (χ3v) is 7.18. The maximum atomic E-state index is 14.0. The van der Waals surface area contributed by atoms with Crippen molar-refractivity contribution in [1.29, 1.82) is 0 Å². The summed E-state index contributed by atoms with van der Waals surface area (Å²) in [5, 5.41) is 9.42. The van der Waals surface area contributed by atoms with Crippen molar-refractivity contribution in [2.75, 3.05) is 4.31 Å². The molecule has 0 amide bonds. The van der Waals surface area contributed by atoms with Crippen molar-refractivity contribution < 1.29 is 22.7 Å². The van der Waals surface area contributed by atoms with Gasteiger partial charge in [-0.3, -0.25) is 9.10 Å². The van der Waals surface area contributed by atoms with E-state index in [0.29, 0.717) is 29.0 Å². The number of para-hydroxylation sites is 1. The van der Waals surface area contributed by atoms with Crippen LogP contribution >= 0.6 is 0 Å². The Labute approximate surface area is 197 Å². The number of carbonyl (C=O) groups is 1. The molecule has 34 heavy (non-hydrogen) atoms. The van der Waals surface area contributed by atoms with Crippen molar-refractivity contribution >= 4 is 32.7 Å². The van der Waals surface area contributed by atoms with Crippen LogP contribution in [-0.4, -0.2) is 29.0 Å². The molecular weight excluding hydrogens is 457 g/mol. The number of fused-ring (bicyclic) bond motifs is 1. The highest BCUT2D eigenvalue weighted by Crippen LogP contribution is 2.33. The molecule has 1 N–H and O–H groups in total. The molecule has 0 unspecified atom stereocenters. The van der Waals surface area contributed by atoms with E-state index < -0.39 is 21.8 Å². The smallest absolute Gasteiger partial charge is 0.323 e. The SMILES string of the molecule is CCCc1nc2c(N(Cc3ccccc3)S(=O)(=O)c3cccc(F)c3)cccc2n1CC(=O)O. The number of aliphatic carboxylic acids is 1. The molecule has 0 aliphatic rings. The Bertz CT molecular complexity index is 1440. The second kappa shape index (κ2) is 9.64. The molecule has 3 aromatic carbocycles. The summed E-state index contributed by atoms with van der Waals surface area (Å²) in [6, 6.07) is 19.0. The topological polar surface area (TPSA) is 92.5 Å².